The van der Waals surface area contributed by atoms with Gasteiger partial charge in [0.05, 0.1) is 24.7 Å². The molecule has 8 heteroatoms. The predicted octanol–water partition coefficient (Wildman–Crippen LogP) is 0.404. The standard InChI is InChI=1S/C15H21N5O2S/c1-23(21,22)19-9-7-18(8-10-19)13-15-11-16-17-20(15)12-14-5-3-2-4-6-14/h2-6,11H,7-10,12-13H2,1H3. The van der Waals surface area contributed by atoms with Crippen LogP contribution in [0.4, 0.5) is 0 Å². The quantitative estimate of drug-likeness (QED) is 0.791. The van der Waals surface area contributed by atoms with Crippen LogP contribution in [0.15, 0.2) is 36.5 Å². The molecule has 0 radical (unpaired) electrons. The summed E-state index contributed by atoms with van der Waals surface area (Å²) in [4.78, 5) is 2.24. The first kappa shape index (κ1) is 16.1. The van der Waals surface area contributed by atoms with Gasteiger partial charge in [0.15, 0.2) is 0 Å². The average molecular weight is 335 g/mol. The molecule has 2 aromatic rings. The molecule has 23 heavy (non-hydrogen) atoms. The fourth-order valence-corrected chi connectivity index (χ4v) is 3.57. The van der Waals surface area contributed by atoms with Crippen LogP contribution in [0.25, 0.3) is 0 Å². The summed E-state index contributed by atoms with van der Waals surface area (Å²) < 4.78 is 26.5. The van der Waals surface area contributed by atoms with Crippen LogP contribution >= 0.6 is 0 Å². The lowest BCUT2D eigenvalue weighted by Crippen LogP contribution is -2.48. The van der Waals surface area contributed by atoms with Gasteiger partial charge in [-0.25, -0.2) is 13.1 Å². The molecule has 1 aliphatic heterocycles. The van der Waals surface area contributed by atoms with Crippen LogP contribution in [-0.4, -0.2) is 65.1 Å². The SMILES string of the molecule is CS(=O)(=O)N1CCN(Cc2cnnn2Cc2ccccc2)CC1. The van der Waals surface area contributed by atoms with Crippen molar-refractivity contribution in [3.8, 4) is 0 Å². The average Bonchev–Trinajstić information content (AvgIpc) is 2.95. The molecule has 0 unspecified atom stereocenters. The molecule has 0 bridgehead atoms. The number of hydrogen-bond donors (Lipinski definition) is 0. The lowest BCUT2D eigenvalue weighted by atomic mass is 10.2. The predicted molar refractivity (Wildman–Crippen MR) is 87.3 cm³/mol. The number of aromatic nitrogens is 3. The Hall–Kier alpha value is -1.77. The van der Waals surface area contributed by atoms with Crippen molar-refractivity contribution in [1.82, 2.24) is 24.2 Å². The van der Waals surface area contributed by atoms with E-state index in [1.165, 1.54) is 16.1 Å². The van der Waals surface area contributed by atoms with Gasteiger partial charge < -0.3 is 0 Å². The Morgan fingerprint density at radius 2 is 1.74 bits per heavy atom. The van der Waals surface area contributed by atoms with Gasteiger partial charge in [-0.3, -0.25) is 4.90 Å². The largest absolute Gasteiger partial charge is 0.295 e. The summed E-state index contributed by atoms with van der Waals surface area (Å²) in [6.45, 7) is 3.96. The fraction of sp³-hybridized carbons (Fsp3) is 0.467. The minimum Gasteiger partial charge on any atom is -0.295 e. The molecule has 0 aliphatic carbocycles. The first-order valence-electron chi connectivity index (χ1n) is 7.61. The topological polar surface area (TPSA) is 71.3 Å². The zero-order valence-corrected chi connectivity index (χ0v) is 14.0. The highest BCUT2D eigenvalue weighted by Gasteiger charge is 2.23. The minimum atomic E-state index is -3.08. The van der Waals surface area contributed by atoms with Crippen molar-refractivity contribution < 1.29 is 8.42 Å². The van der Waals surface area contributed by atoms with Gasteiger partial charge >= 0.3 is 0 Å². The monoisotopic (exact) mass is 335 g/mol. The molecule has 0 saturated carbocycles. The van der Waals surface area contributed by atoms with E-state index in [1.54, 1.807) is 6.20 Å². The zero-order chi connectivity index (χ0) is 16.3. The Bertz CT molecular complexity index is 736. The third-order valence-corrected chi connectivity index (χ3v) is 5.36. The molecular weight excluding hydrogens is 314 g/mol. The number of rotatable bonds is 5. The molecule has 0 N–H and O–H groups in total. The van der Waals surface area contributed by atoms with Gasteiger partial charge in [0.25, 0.3) is 0 Å². The van der Waals surface area contributed by atoms with Gasteiger partial charge in [-0.15, -0.1) is 5.10 Å². The van der Waals surface area contributed by atoms with Gasteiger partial charge in [0.2, 0.25) is 10.0 Å². The first-order valence-corrected chi connectivity index (χ1v) is 9.46. The summed E-state index contributed by atoms with van der Waals surface area (Å²) >= 11 is 0. The summed E-state index contributed by atoms with van der Waals surface area (Å²) in [7, 11) is -3.08. The lowest BCUT2D eigenvalue weighted by molar-refractivity contribution is 0.178. The maximum atomic E-state index is 11.6. The van der Waals surface area contributed by atoms with E-state index in [-0.39, 0.29) is 0 Å². The van der Waals surface area contributed by atoms with Gasteiger partial charge in [-0.2, -0.15) is 4.31 Å². The highest BCUT2D eigenvalue weighted by atomic mass is 32.2. The molecule has 1 saturated heterocycles. The Morgan fingerprint density at radius 1 is 1.04 bits per heavy atom. The van der Waals surface area contributed by atoms with E-state index in [4.69, 9.17) is 0 Å². The van der Waals surface area contributed by atoms with Crippen LogP contribution in [0.5, 0.6) is 0 Å². The summed E-state index contributed by atoms with van der Waals surface area (Å²) in [5, 5.41) is 8.18. The minimum absolute atomic E-state index is 0.541. The smallest absolute Gasteiger partial charge is 0.211 e. The van der Waals surface area contributed by atoms with E-state index in [2.05, 4.69) is 27.3 Å². The molecule has 1 aromatic heterocycles. The van der Waals surface area contributed by atoms with Crippen molar-refractivity contribution in [3.63, 3.8) is 0 Å². The number of sulfonamides is 1. The molecule has 0 atom stereocenters. The molecular formula is C15H21N5O2S. The van der Waals surface area contributed by atoms with Gasteiger partial charge in [-0.05, 0) is 5.56 Å². The maximum absolute atomic E-state index is 11.6. The Kier molecular flexibility index (Phi) is 4.74. The van der Waals surface area contributed by atoms with Crippen molar-refractivity contribution in [3.05, 3.63) is 47.8 Å². The molecule has 1 aliphatic rings. The van der Waals surface area contributed by atoms with Crippen LogP contribution in [-0.2, 0) is 23.1 Å². The van der Waals surface area contributed by atoms with Crippen molar-refractivity contribution >= 4 is 10.0 Å². The molecule has 3 rings (SSSR count). The number of nitrogens with zero attached hydrogens (tertiary/aromatic N) is 5. The molecule has 0 spiro atoms. The first-order chi connectivity index (χ1) is 11.0. The number of piperazine rings is 1. The Balaban J connectivity index is 1.61. The fourth-order valence-electron chi connectivity index (χ4n) is 2.74. The molecule has 7 nitrogen and oxygen atoms in total. The molecule has 0 amide bonds. The third-order valence-electron chi connectivity index (χ3n) is 4.06. The van der Waals surface area contributed by atoms with Crippen LogP contribution in [0.1, 0.15) is 11.3 Å². The van der Waals surface area contributed by atoms with E-state index in [0.29, 0.717) is 19.6 Å². The Labute approximate surface area is 136 Å². The summed E-state index contributed by atoms with van der Waals surface area (Å²) in [5.74, 6) is 0. The number of hydrogen-bond acceptors (Lipinski definition) is 5. The van der Waals surface area contributed by atoms with E-state index >= 15 is 0 Å². The number of benzene rings is 1. The van der Waals surface area contributed by atoms with Crippen LogP contribution in [0.2, 0.25) is 0 Å². The maximum Gasteiger partial charge on any atom is 0.211 e. The van der Waals surface area contributed by atoms with E-state index in [1.807, 2.05) is 22.9 Å². The zero-order valence-electron chi connectivity index (χ0n) is 13.2. The lowest BCUT2D eigenvalue weighted by Gasteiger charge is -2.33. The second kappa shape index (κ2) is 6.77. The normalized spacial score (nSPS) is 17.4. The highest BCUT2D eigenvalue weighted by molar-refractivity contribution is 7.88. The van der Waals surface area contributed by atoms with Crippen LogP contribution in [0, 0.1) is 0 Å². The highest BCUT2D eigenvalue weighted by Crippen LogP contribution is 2.11. The van der Waals surface area contributed by atoms with Crippen LogP contribution in [0.3, 0.4) is 0 Å². The molecule has 2 heterocycles. The second-order valence-electron chi connectivity index (χ2n) is 5.81. The van der Waals surface area contributed by atoms with Crippen molar-refractivity contribution in [2.75, 3.05) is 32.4 Å². The molecule has 124 valence electrons. The van der Waals surface area contributed by atoms with Gasteiger partial charge in [0, 0.05) is 32.7 Å². The third kappa shape index (κ3) is 4.15. The summed E-state index contributed by atoms with van der Waals surface area (Å²) in [6, 6.07) is 10.1. The summed E-state index contributed by atoms with van der Waals surface area (Å²) in [5.41, 5.74) is 2.22. The Morgan fingerprint density at radius 3 is 2.39 bits per heavy atom. The van der Waals surface area contributed by atoms with Gasteiger partial charge in [-0.1, -0.05) is 35.5 Å². The summed E-state index contributed by atoms with van der Waals surface area (Å²) in [6.07, 6.45) is 3.05. The molecule has 1 aromatic carbocycles. The second-order valence-corrected chi connectivity index (χ2v) is 7.79. The van der Waals surface area contributed by atoms with Crippen molar-refractivity contribution in [2.45, 2.75) is 13.1 Å². The van der Waals surface area contributed by atoms with E-state index in [0.717, 1.165) is 25.3 Å². The van der Waals surface area contributed by atoms with Crippen molar-refractivity contribution in [1.29, 1.82) is 0 Å². The van der Waals surface area contributed by atoms with Gasteiger partial charge in [0.1, 0.15) is 0 Å². The van der Waals surface area contributed by atoms with Crippen LogP contribution < -0.4 is 0 Å². The van der Waals surface area contributed by atoms with Crippen molar-refractivity contribution in [2.24, 2.45) is 0 Å². The van der Waals surface area contributed by atoms with E-state index < -0.39 is 10.0 Å². The molecule has 1 fully saturated rings. The van der Waals surface area contributed by atoms with E-state index in [9.17, 15) is 8.42 Å².